The van der Waals surface area contributed by atoms with Crippen molar-refractivity contribution in [2.75, 3.05) is 26.8 Å². The lowest BCUT2D eigenvalue weighted by atomic mass is 10.2. The van der Waals surface area contributed by atoms with E-state index in [4.69, 9.17) is 4.74 Å². The van der Waals surface area contributed by atoms with Gasteiger partial charge in [-0.05, 0) is 11.5 Å². The molecule has 0 bridgehead atoms. The third-order valence-electron chi connectivity index (χ3n) is 2.84. The van der Waals surface area contributed by atoms with Crippen molar-refractivity contribution in [3.05, 3.63) is 39.9 Å². The van der Waals surface area contributed by atoms with Crippen LogP contribution >= 0.6 is 24.0 Å². The SMILES string of the molecule is COCCNC(=NCc1ccc([N+](=O)[O-])cc1)NCC(C)C.I. The van der Waals surface area contributed by atoms with Crippen LogP contribution < -0.4 is 10.6 Å². The van der Waals surface area contributed by atoms with Crippen LogP contribution in [0.15, 0.2) is 29.3 Å². The van der Waals surface area contributed by atoms with Crippen molar-refractivity contribution in [1.29, 1.82) is 0 Å². The lowest BCUT2D eigenvalue weighted by Crippen LogP contribution is -2.40. The van der Waals surface area contributed by atoms with E-state index in [9.17, 15) is 10.1 Å². The van der Waals surface area contributed by atoms with Crippen molar-refractivity contribution in [3.8, 4) is 0 Å². The first kappa shape index (κ1) is 21.6. The summed E-state index contributed by atoms with van der Waals surface area (Å²) in [5, 5.41) is 17.1. The average Bonchev–Trinajstić information content (AvgIpc) is 2.49. The van der Waals surface area contributed by atoms with E-state index < -0.39 is 4.92 Å². The fraction of sp³-hybridized carbons (Fsp3) is 0.533. The van der Waals surface area contributed by atoms with Crippen molar-refractivity contribution < 1.29 is 9.66 Å². The Hall–Kier alpha value is -1.42. The van der Waals surface area contributed by atoms with Gasteiger partial charge in [0.2, 0.25) is 0 Å². The fourth-order valence-corrected chi connectivity index (χ4v) is 1.64. The summed E-state index contributed by atoms with van der Waals surface area (Å²) in [6, 6.07) is 6.42. The molecule has 0 aliphatic heterocycles. The van der Waals surface area contributed by atoms with Crippen LogP contribution in [-0.4, -0.2) is 37.7 Å². The number of methoxy groups -OCH3 is 1. The van der Waals surface area contributed by atoms with Gasteiger partial charge >= 0.3 is 0 Å². The van der Waals surface area contributed by atoms with E-state index in [2.05, 4.69) is 29.5 Å². The molecule has 8 heteroatoms. The summed E-state index contributed by atoms with van der Waals surface area (Å²) in [6.45, 7) is 6.78. The van der Waals surface area contributed by atoms with Gasteiger partial charge in [-0.15, -0.1) is 24.0 Å². The van der Waals surface area contributed by atoms with E-state index in [1.54, 1.807) is 19.2 Å². The second-order valence-electron chi connectivity index (χ2n) is 5.28. The largest absolute Gasteiger partial charge is 0.383 e. The summed E-state index contributed by atoms with van der Waals surface area (Å²) in [5.74, 6) is 1.22. The Labute approximate surface area is 154 Å². The third-order valence-corrected chi connectivity index (χ3v) is 2.84. The van der Waals surface area contributed by atoms with Gasteiger partial charge < -0.3 is 15.4 Å². The topological polar surface area (TPSA) is 88.8 Å². The van der Waals surface area contributed by atoms with Gasteiger partial charge in [-0.2, -0.15) is 0 Å². The Balaban J connectivity index is 0.00000484. The number of rotatable bonds is 8. The van der Waals surface area contributed by atoms with E-state index in [-0.39, 0.29) is 29.7 Å². The Morgan fingerprint density at radius 2 is 1.96 bits per heavy atom. The van der Waals surface area contributed by atoms with Gasteiger partial charge in [0.15, 0.2) is 5.96 Å². The Morgan fingerprint density at radius 3 is 2.48 bits per heavy atom. The first-order valence-corrected chi connectivity index (χ1v) is 7.27. The lowest BCUT2D eigenvalue weighted by Gasteiger charge is -2.14. The highest BCUT2D eigenvalue weighted by atomic mass is 127. The predicted octanol–water partition coefficient (Wildman–Crippen LogP) is 2.55. The molecule has 0 aliphatic carbocycles. The van der Waals surface area contributed by atoms with Gasteiger partial charge in [0.25, 0.3) is 5.69 Å². The second kappa shape index (κ2) is 12.1. The molecule has 0 amide bonds. The number of non-ortho nitro benzene ring substituents is 1. The van der Waals surface area contributed by atoms with Crippen molar-refractivity contribution in [3.63, 3.8) is 0 Å². The molecule has 0 spiro atoms. The maximum absolute atomic E-state index is 10.6. The van der Waals surface area contributed by atoms with E-state index in [0.717, 1.165) is 12.1 Å². The van der Waals surface area contributed by atoms with Crippen molar-refractivity contribution in [2.45, 2.75) is 20.4 Å². The molecular formula is C15H25IN4O3. The summed E-state index contributed by atoms with van der Waals surface area (Å²) in [7, 11) is 1.65. The highest BCUT2D eigenvalue weighted by Gasteiger charge is 2.04. The average molecular weight is 436 g/mol. The maximum atomic E-state index is 10.6. The molecule has 1 aromatic carbocycles. The van der Waals surface area contributed by atoms with Crippen molar-refractivity contribution in [1.82, 2.24) is 10.6 Å². The Kier molecular flexibility index (Phi) is 11.3. The van der Waals surface area contributed by atoms with Crippen LogP contribution in [0.5, 0.6) is 0 Å². The van der Waals surface area contributed by atoms with E-state index in [1.165, 1.54) is 12.1 Å². The second-order valence-corrected chi connectivity index (χ2v) is 5.28. The molecule has 0 aromatic heterocycles. The summed E-state index contributed by atoms with van der Waals surface area (Å²) in [5.41, 5.74) is 1.01. The molecule has 130 valence electrons. The molecule has 0 radical (unpaired) electrons. The minimum absolute atomic E-state index is 0. The zero-order valence-electron chi connectivity index (χ0n) is 13.7. The highest BCUT2D eigenvalue weighted by Crippen LogP contribution is 2.12. The number of nitro groups is 1. The summed E-state index contributed by atoms with van der Waals surface area (Å²) < 4.78 is 5.01. The van der Waals surface area contributed by atoms with Crippen LogP contribution in [0, 0.1) is 16.0 Å². The van der Waals surface area contributed by atoms with Crippen LogP contribution in [-0.2, 0) is 11.3 Å². The van der Waals surface area contributed by atoms with E-state index in [1.807, 2.05) is 0 Å². The zero-order valence-corrected chi connectivity index (χ0v) is 16.1. The van der Waals surface area contributed by atoms with Gasteiger partial charge in [0, 0.05) is 32.3 Å². The molecule has 23 heavy (non-hydrogen) atoms. The lowest BCUT2D eigenvalue weighted by molar-refractivity contribution is -0.384. The van der Waals surface area contributed by atoms with Gasteiger partial charge in [-0.1, -0.05) is 26.0 Å². The molecule has 1 aromatic rings. The minimum atomic E-state index is -0.408. The quantitative estimate of drug-likeness (QED) is 0.163. The number of ether oxygens (including phenoxy) is 1. The highest BCUT2D eigenvalue weighted by molar-refractivity contribution is 14.0. The number of nitro benzene ring substituents is 1. The molecule has 7 nitrogen and oxygen atoms in total. The predicted molar refractivity (Wildman–Crippen MR) is 102 cm³/mol. The standard InChI is InChI=1S/C15H24N4O3.HI/c1-12(2)10-17-15(16-8-9-22-3)18-11-13-4-6-14(7-5-13)19(20)21;/h4-7,12H,8-11H2,1-3H3,(H2,16,17,18);1H. The molecule has 2 N–H and O–H groups in total. The first-order chi connectivity index (χ1) is 10.5. The smallest absolute Gasteiger partial charge is 0.269 e. The van der Waals surface area contributed by atoms with Crippen LogP contribution in [0.1, 0.15) is 19.4 Å². The number of aliphatic imine (C=N–C) groups is 1. The molecule has 0 unspecified atom stereocenters. The number of benzene rings is 1. The molecule has 0 aliphatic rings. The molecular weight excluding hydrogens is 411 g/mol. The molecule has 0 fully saturated rings. The molecule has 0 saturated carbocycles. The summed E-state index contributed by atoms with van der Waals surface area (Å²) >= 11 is 0. The number of halogens is 1. The number of nitrogens with one attached hydrogen (secondary N) is 2. The number of hydrogen-bond donors (Lipinski definition) is 2. The minimum Gasteiger partial charge on any atom is -0.383 e. The maximum Gasteiger partial charge on any atom is 0.269 e. The Bertz CT molecular complexity index is 492. The monoisotopic (exact) mass is 436 g/mol. The van der Waals surface area contributed by atoms with Gasteiger partial charge in [-0.25, -0.2) is 4.99 Å². The molecule has 0 atom stereocenters. The molecule has 0 heterocycles. The molecule has 0 saturated heterocycles. The van der Waals surface area contributed by atoms with Crippen LogP contribution in [0.3, 0.4) is 0 Å². The number of guanidine groups is 1. The number of hydrogen-bond acceptors (Lipinski definition) is 4. The van der Waals surface area contributed by atoms with Gasteiger partial charge in [0.05, 0.1) is 18.1 Å². The van der Waals surface area contributed by atoms with E-state index in [0.29, 0.717) is 31.6 Å². The number of nitrogens with zero attached hydrogens (tertiary/aromatic N) is 2. The van der Waals surface area contributed by atoms with Crippen LogP contribution in [0.4, 0.5) is 5.69 Å². The van der Waals surface area contributed by atoms with Gasteiger partial charge in [0.1, 0.15) is 0 Å². The van der Waals surface area contributed by atoms with Crippen LogP contribution in [0.25, 0.3) is 0 Å². The van der Waals surface area contributed by atoms with Crippen LogP contribution in [0.2, 0.25) is 0 Å². The van der Waals surface area contributed by atoms with Gasteiger partial charge in [-0.3, -0.25) is 10.1 Å². The third kappa shape index (κ3) is 9.34. The van der Waals surface area contributed by atoms with Crippen molar-refractivity contribution in [2.24, 2.45) is 10.9 Å². The molecule has 1 rings (SSSR count). The summed E-state index contributed by atoms with van der Waals surface area (Å²) in [4.78, 5) is 14.7. The normalized spacial score (nSPS) is 11.0. The first-order valence-electron chi connectivity index (χ1n) is 7.27. The Morgan fingerprint density at radius 1 is 1.30 bits per heavy atom. The zero-order chi connectivity index (χ0) is 16.4. The summed E-state index contributed by atoms with van der Waals surface area (Å²) in [6.07, 6.45) is 0. The fourth-order valence-electron chi connectivity index (χ4n) is 1.64. The van der Waals surface area contributed by atoms with E-state index >= 15 is 0 Å². The van der Waals surface area contributed by atoms with Crippen molar-refractivity contribution >= 4 is 35.6 Å².